The fraction of sp³-hybridized carbons (Fsp3) is 0.800. The first-order chi connectivity index (χ1) is 9.79. The van der Waals surface area contributed by atoms with Crippen LogP contribution in [-0.4, -0.2) is 42.7 Å². The van der Waals surface area contributed by atoms with Crippen LogP contribution in [0.1, 0.15) is 43.3 Å². The number of likely N-dealkylation sites (tertiary alicyclic amines) is 1. The van der Waals surface area contributed by atoms with Gasteiger partial charge < -0.3 is 15.0 Å². The summed E-state index contributed by atoms with van der Waals surface area (Å²) in [5.74, 6) is 0. The number of rotatable bonds is 9. The maximum Gasteiger partial charge on any atom is 0.107 e. The van der Waals surface area contributed by atoms with E-state index in [9.17, 15) is 0 Å². The van der Waals surface area contributed by atoms with Crippen molar-refractivity contribution in [1.82, 2.24) is 15.2 Å². The second-order valence-corrected chi connectivity index (χ2v) is 6.47. The fourth-order valence-corrected chi connectivity index (χ4v) is 3.36. The Hall–Kier alpha value is -0.490. The highest BCUT2D eigenvalue weighted by atomic mass is 32.1. The third kappa shape index (κ3) is 5.13. The summed E-state index contributed by atoms with van der Waals surface area (Å²) >= 11 is 1.72. The van der Waals surface area contributed by atoms with Crippen LogP contribution < -0.4 is 5.32 Å². The number of ether oxygens (including phenoxy) is 1. The Morgan fingerprint density at radius 3 is 3.20 bits per heavy atom. The molecule has 0 radical (unpaired) electrons. The van der Waals surface area contributed by atoms with Gasteiger partial charge in [-0.25, -0.2) is 4.98 Å². The predicted molar refractivity (Wildman–Crippen MR) is 84.0 cm³/mol. The summed E-state index contributed by atoms with van der Waals surface area (Å²) < 4.78 is 5.77. The van der Waals surface area contributed by atoms with Crippen LogP contribution in [0.4, 0.5) is 0 Å². The first kappa shape index (κ1) is 15.9. The van der Waals surface area contributed by atoms with Gasteiger partial charge in [-0.1, -0.05) is 6.92 Å². The van der Waals surface area contributed by atoms with E-state index in [1.807, 2.05) is 0 Å². The van der Waals surface area contributed by atoms with E-state index < -0.39 is 0 Å². The number of thiazole rings is 1. The Labute approximate surface area is 126 Å². The molecule has 20 heavy (non-hydrogen) atoms. The number of nitrogens with one attached hydrogen (secondary N) is 1. The number of aromatic nitrogens is 1. The number of hydrogen-bond donors (Lipinski definition) is 1. The monoisotopic (exact) mass is 297 g/mol. The Morgan fingerprint density at radius 1 is 1.55 bits per heavy atom. The molecular weight excluding hydrogens is 270 g/mol. The molecule has 5 heteroatoms. The van der Waals surface area contributed by atoms with Gasteiger partial charge in [-0.3, -0.25) is 0 Å². The predicted octanol–water partition coefficient (Wildman–Crippen LogP) is 2.64. The van der Waals surface area contributed by atoms with E-state index in [1.54, 1.807) is 11.3 Å². The van der Waals surface area contributed by atoms with Gasteiger partial charge in [0.25, 0.3) is 0 Å². The summed E-state index contributed by atoms with van der Waals surface area (Å²) in [7, 11) is 2.22. The molecule has 1 aliphatic rings. The minimum atomic E-state index is 0.653. The summed E-state index contributed by atoms with van der Waals surface area (Å²) in [4.78, 5) is 7.04. The van der Waals surface area contributed by atoms with E-state index in [1.165, 1.54) is 19.4 Å². The largest absolute Gasteiger partial charge is 0.375 e. The van der Waals surface area contributed by atoms with Crippen LogP contribution in [0.15, 0.2) is 5.38 Å². The van der Waals surface area contributed by atoms with E-state index in [-0.39, 0.29) is 0 Å². The van der Waals surface area contributed by atoms with Gasteiger partial charge in [0, 0.05) is 24.6 Å². The maximum atomic E-state index is 5.77. The topological polar surface area (TPSA) is 37.4 Å². The molecule has 4 nitrogen and oxygen atoms in total. The van der Waals surface area contributed by atoms with Gasteiger partial charge in [-0.15, -0.1) is 11.3 Å². The van der Waals surface area contributed by atoms with Gasteiger partial charge in [-0.2, -0.15) is 0 Å². The molecule has 2 heterocycles. The summed E-state index contributed by atoms with van der Waals surface area (Å²) in [6.45, 7) is 6.85. The van der Waals surface area contributed by atoms with Gasteiger partial charge >= 0.3 is 0 Å². The maximum absolute atomic E-state index is 5.77. The average molecular weight is 297 g/mol. The Bertz CT molecular complexity index is 383. The van der Waals surface area contributed by atoms with Gasteiger partial charge in [0.1, 0.15) is 5.01 Å². The molecule has 1 unspecified atom stereocenters. The van der Waals surface area contributed by atoms with E-state index in [0.717, 1.165) is 49.3 Å². The molecule has 1 aromatic rings. The molecule has 0 saturated carbocycles. The van der Waals surface area contributed by atoms with Crippen LogP contribution in [0.5, 0.6) is 0 Å². The number of hydrogen-bond acceptors (Lipinski definition) is 5. The zero-order valence-corrected chi connectivity index (χ0v) is 13.5. The lowest BCUT2D eigenvalue weighted by atomic mass is 10.1. The molecule has 2 rings (SSSR count). The second kappa shape index (κ2) is 8.72. The van der Waals surface area contributed by atoms with Gasteiger partial charge in [0.15, 0.2) is 0 Å². The standard InChI is InChI=1S/C15H27N3OS/c1-3-7-16-10-15-17-13(12-20-15)11-19-9-6-14-5-4-8-18(14)2/h12,14,16H,3-11H2,1-2H3. The summed E-state index contributed by atoms with van der Waals surface area (Å²) in [5.41, 5.74) is 1.07. The fourth-order valence-electron chi connectivity index (χ4n) is 2.61. The van der Waals surface area contributed by atoms with Crippen molar-refractivity contribution in [2.24, 2.45) is 0 Å². The van der Waals surface area contributed by atoms with Crippen molar-refractivity contribution in [3.8, 4) is 0 Å². The highest BCUT2D eigenvalue weighted by molar-refractivity contribution is 7.09. The minimum Gasteiger partial charge on any atom is -0.375 e. The SMILES string of the molecule is CCCNCc1nc(COCCC2CCCN2C)cs1. The summed E-state index contributed by atoms with van der Waals surface area (Å²) in [6.07, 6.45) is 4.97. The van der Waals surface area contributed by atoms with E-state index in [4.69, 9.17) is 4.74 Å². The van der Waals surface area contributed by atoms with E-state index >= 15 is 0 Å². The van der Waals surface area contributed by atoms with Crippen LogP contribution in [0.2, 0.25) is 0 Å². The van der Waals surface area contributed by atoms with Gasteiger partial charge in [-0.05, 0) is 45.8 Å². The van der Waals surface area contributed by atoms with Crippen molar-refractivity contribution < 1.29 is 4.74 Å². The van der Waals surface area contributed by atoms with Crippen molar-refractivity contribution in [3.63, 3.8) is 0 Å². The average Bonchev–Trinajstić information content (AvgIpc) is 3.05. The van der Waals surface area contributed by atoms with Crippen LogP contribution in [0, 0.1) is 0 Å². The van der Waals surface area contributed by atoms with Crippen molar-refractivity contribution in [2.75, 3.05) is 26.7 Å². The molecule has 0 aromatic carbocycles. The third-order valence-corrected chi connectivity index (χ3v) is 4.72. The molecule has 0 spiro atoms. The highest BCUT2D eigenvalue weighted by Gasteiger charge is 2.20. The molecule has 1 aromatic heterocycles. The molecule has 0 bridgehead atoms. The van der Waals surface area contributed by atoms with Crippen LogP contribution in [0.3, 0.4) is 0 Å². The highest BCUT2D eigenvalue weighted by Crippen LogP contribution is 2.18. The van der Waals surface area contributed by atoms with E-state index in [0.29, 0.717) is 6.61 Å². The third-order valence-electron chi connectivity index (χ3n) is 3.82. The molecule has 1 atom stereocenters. The minimum absolute atomic E-state index is 0.653. The number of nitrogens with zero attached hydrogens (tertiary/aromatic N) is 2. The van der Waals surface area contributed by atoms with Gasteiger partial charge in [0.05, 0.1) is 12.3 Å². The van der Waals surface area contributed by atoms with Crippen LogP contribution in [0.25, 0.3) is 0 Å². The first-order valence-electron chi connectivity index (χ1n) is 7.71. The quantitative estimate of drug-likeness (QED) is 0.711. The molecule has 1 saturated heterocycles. The molecule has 1 aliphatic heterocycles. The smallest absolute Gasteiger partial charge is 0.107 e. The van der Waals surface area contributed by atoms with Crippen LogP contribution in [-0.2, 0) is 17.9 Å². The van der Waals surface area contributed by atoms with Crippen molar-refractivity contribution in [2.45, 2.75) is 51.8 Å². The Morgan fingerprint density at radius 2 is 2.45 bits per heavy atom. The Kier molecular flexibility index (Phi) is 6.93. The molecular formula is C15H27N3OS. The lowest BCUT2D eigenvalue weighted by molar-refractivity contribution is 0.0995. The van der Waals surface area contributed by atoms with Crippen molar-refractivity contribution in [1.29, 1.82) is 0 Å². The van der Waals surface area contributed by atoms with Gasteiger partial charge in [0.2, 0.25) is 0 Å². The van der Waals surface area contributed by atoms with E-state index in [2.05, 4.69) is 34.6 Å². The zero-order chi connectivity index (χ0) is 14.2. The van der Waals surface area contributed by atoms with Crippen LogP contribution >= 0.6 is 11.3 Å². The second-order valence-electron chi connectivity index (χ2n) is 5.53. The molecule has 1 fully saturated rings. The summed E-state index contributed by atoms with van der Waals surface area (Å²) in [5, 5.41) is 6.65. The zero-order valence-electron chi connectivity index (χ0n) is 12.7. The molecule has 114 valence electrons. The lowest BCUT2D eigenvalue weighted by Crippen LogP contribution is -2.26. The van der Waals surface area contributed by atoms with Crippen molar-refractivity contribution in [3.05, 3.63) is 16.1 Å². The summed E-state index contributed by atoms with van der Waals surface area (Å²) in [6, 6.07) is 0.722. The van der Waals surface area contributed by atoms with Crippen molar-refractivity contribution >= 4 is 11.3 Å². The molecule has 0 amide bonds. The molecule has 0 aliphatic carbocycles. The Balaban J connectivity index is 1.59. The normalized spacial score (nSPS) is 19.8. The lowest BCUT2D eigenvalue weighted by Gasteiger charge is -2.18. The molecule has 1 N–H and O–H groups in total. The first-order valence-corrected chi connectivity index (χ1v) is 8.59.